The smallest absolute Gasteiger partial charge is 0.408 e. The van der Waals surface area contributed by atoms with Crippen LogP contribution in [0.5, 0.6) is 0 Å². The molecule has 0 aliphatic heterocycles. The summed E-state index contributed by atoms with van der Waals surface area (Å²) >= 11 is 0. The van der Waals surface area contributed by atoms with Crippen LogP contribution in [0, 0.1) is 5.92 Å². The predicted octanol–water partition coefficient (Wildman–Crippen LogP) is 5.11. The molecule has 0 spiro atoms. The number of nitrogens with one attached hydrogen (secondary N) is 3. The highest BCUT2D eigenvalue weighted by Gasteiger charge is 2.29. The fourth-order valence-corrected chi connectivity index (χ4v) is 5.76. The molecule has 3 aromatic carbocycles. The summed E-state index contributed by atoms with van der Waals surface area (Å²) in [5.41, 5.74) is 3.04. The summed E-state index contributed by atoms with van der Waals surface area (Å²) in [4.78, 5) is 26.2. The molecule has 1 unspecified atom stereocenters. The number of sulfonamides is 1. The van der Waals surface area contributed by atoms with Crippen LogP contribution < -0.4 is 15.4 Å². The van der Waals surface area contributed by atoms with E-state index in [1.54, 1.807) is 31.2 Å². The molecule has 0 bridgehead atoms. The second kappa shape index (κ2) is 15.9. The van der Waals surface area contributed by atoms with Gasteiger partial charge in [0.15, 0.2) is 0 Å². The van der Waals surface area contributed by atoms with Gasteiger partial charge in [0.25, 0.3) is 0 Å². The van der Waals surface area contributed by atoms with Gasteiger partial charge in [0, 0.05) is 5.69 Å². The molecule has 0 saturated heterocycles. The number of hydrogen-bond acceptors (Lipinski definition) is 6. The van der Waals surface area contributed by atoms with Crippen LogP contribution in [0.15, 0.2) is 97.1 Å². The van der Waals surface area contributed by atoms with Crippen molar-refractivity contribution in [2.45, 2.75) is 58.4 Å². The van der Waals surface area contributed by atoms with Gasteiger partial charge in [-0.25, -0.2) is 13.2 Å². The van der Waals surface area contributed by atoms with Crippen molar-refractivity contribution in [1.29, 1.82) is 0 Å². The van der Waals surface area contributed by atoms with Crippen LogP contribution in [0.3, 0.4) is 0 Å². The van der Waals surface area contributed by atoms with Crippen molar-refractivity contribution in [3.05, 3.63) is 114 Å². The molecule has 9 nitrogen and oxygen atoms in total. The Balaban J connectivity index is 1.77. The summed E-state index contributed by atoms with van der Waals surface area (Å²) in [6.07, 6.45) is -0.884. The van der Waals surface area contributed by atoms with E-state index in [9.17, 15) is 23.1 Å². The molecule has 0 radical (unpaired) electrons. The summed E-state index contributed by atoms with van der Waals surface area (Å²) in [5.74, 6) is -0.991. The zero-order chi connectivity index (χ0) is 31.4. The largest absolute Gasteiger partial charge is 0.445 e. The number of aliphatic hydroxyl groups is 1. The lowest BCUT2D eigenvalue weighted by Gasteiger charge is -2.26. The third-order valence-electron chi connectivity index (χ3n) is 6.64. The maximum absolute atomic E-state index is 13.6. The molecule has 230 valence electrons. The molecule has 10 heteroatoms. The van der Waals surface area contributed by atoms with Crippen molar-refractivity contribution in [1.82, 2.24) is 10.6 Å². The Bertz CT molecular complexity index is 1460. The van der Waals surface area contributed by atoms with Crippen LogP contribution in [0.25, 0.3) is 0 Å². The SMILES string of the molecule is C=C(Cc1ccccc1)[C@@H](CS(=O)(=O)Nc1cccc(C(C)O)c1)NC(=O)[C@H](CC(C)C)NC(=O)OCc1ccccc1. The molecule has 3 atom stereocenters. The number of rotatable bonds is 15. The number of carbonyl (C=O) groups excluding carboxylic acids is 2. The molecule has 0 aliphatic carbocycles. The lowest BCUT2D eigenvalue weighted by Crippen LogP contribution is -2.52. The van der Waals surface area contributed by atoms with Gasteiger partial charge in [-0.05, 0) is 60.1 Å². The van der Waals surface area contributed by atoms with Gasteiger partial charge in [-0.1, -0.05) is 93.2 Å². The zero-order valence-corrected chi connectivity index (χ0v) is 25.6. The average Bonchev–Trinajstić information content (AvgIpc) is 2.96. The van der Waals surface area contributed by atoms with Gasteiger partial charge in [0.05, 0.1) is 17.9 Å². The van der Waals surface area contributed by atoms with Crippen molar-refractivity contribution in [3.63, 3.8) is 0 Å². The summed E-state index contributed by atoms with van der Waals surface area (Å²) in [6.45, 7) is 9.59. The van der Waals surface area contributed by atoms with Crippen molar-refractivity contribution >= 4 is 27.7 Å². The van der Waals surface area contributed by atoms with Gasteiger partial charge in [-0.3, -0.25) is 9.52 Å². The number of anilines is 1. The monoisotopic (exact) mass is 607 g/mol. The Labute approximate surface area is 254 Å². The van der Waals surface area contributed by atoms with E-state index in [1.807, 2.05) is 74.5 Å². The van der Waals surface area contributed by atoms with Crippen molar-refractivity contribution in [2.75, 3.05) is 10.5 Å². The number of carbonyl (C=O) groups is 2. The molecule has 0 fully saturated rings. The first kappa shape index (κ1) is 33.4. The highest BCUT2D eigenvalue weighted by atomic mass is 32.2. The molecule has 0 saturated carbocycles. The van der Waals surface area contributed by atoms with E-state index >= 15 is 0 Å². The third-order valence-corrected chi connectivity index (χ3v) is 7.96. The average molecular weight is 608 g/mol. The fourth-order valence-electron chi connectivity index (χ4n) is 4.43. The first-order valence-corrected chi connectivity index (χ1v) is 15.8. The minimum atomic E-state index is -3.99. The quantitative estimate of drug-likeness (QED) is 0.178. The van der Waals surface area contributed by atoms with Crippen LogP contribution in [0.1, 0.15) is 50.0 Å². The highest BCUT2D eigenvalue weighted by molar-refractivity contribution is 7.92. The van der Waals surface area contributed by atoms with Gasteiger partial charge >= 0.3 is 6.09 Å². The van der Waals surface area contributed by atoms with Crippen LogP contribution in [-0.4, -0.2) is 43.4 Å². The van der Waals surface area contributed by atoms with E-state index in [0.29, 0.717) is 24.0 Å². The number of amides is 2. The lowest BCUT2D eigenvalue weighted by molar-refractivity contribution is -0.123. The van der Waals surface area contributed by atoms with Gasteiger partial charge in [-0.2, -0.15) is 0 Å². The molecule has 0 aromatic heterocycles. The minimum Gasteiger partial charge on any atom is -0.445 e. The summed E-state index contributed by atoms with van der Waals surface area (Å²) in [7, 11) is -3.99. The molecule has 4 N–H and O–H groups in total. The topological polar surface area (TPSA) is 134 Å². The van der Waals surface area contributed by atoms with Crippen LogP contribution in [0.2, 0.25) is 0 Å². The van der Waals surface area contributed by atoms with Gasteiger partial charge in [-0.15, -0.1) is 0 Å². The van der Waals surface area contributed by atoms with Crippen molar-refractivity contribution in [2.24, 2.45) is 5.92 Å². The maximum atomic E-state index is 13.6. The third kappa shape index (κ3) is 11.6. The van der Waals surface area contributed by atoms with Gasteiger partial charge in [0.1, 0.15) is 12.6 Å². The van der Waals surface area contributed by atoms with Crippen LogP contribution in [-0.2, 0) is 32.6 Å². The van der Waals surface area contributed by atoms with E-state index in [1.165, 1.54) is 0 Å². The Hall–Kier alpha value is -4.15. The second-order valence-corrected chi connectivity index (χ2v) is 12.7. The molecule has 0 aliphatic rings. The lowest BCUT2D eigenvalue weighted by atomic mass is 9.99. The van der Waals surface area contributed by atoms with E-state index in [2.05, 4.69) is 21.9 Å². The van der Waals surface area contributed by atoms with E-state index in [4.69, 9.17) is 4.74 Å². The zero-order valence-electron chi connectivity index (χ0n) is 24.8. The Morgan fingerprint density at radius 2 is 1.49 bits per heavy atom. The molecular formula is C33H41N3O6S. The minimum absolute atomic E-state index is 0.0410. The maximum Gasteiger partial charge on any atom is 0.408 e. The molecule has 3 aromatic rings. The summed E-state index contributed by atoms with van der Waals surface area (Å²) < 4.78 is 34.5. The van der Waals surface area contributed by atoms with E-state index in [-0.39, 0.29) is 18.2 Å². The number of hydrogen-bond donors (Lipinski definition) is 4. The first-order chi connectivity index (χ1) is 20.4. The molecule has 43 heavy (non-hydrogen) atoms. The second-order valence-electron chi connectivity index (χ2n) is 11.0. The van der Waals surface area contributed by atoms with Crippen molar-refractivity contribution < 1.29 is 27.9 Å². The number of alkyl carbamates (subject to hydrolysis) is 1. The fraction of sp³-hybridized carbons (Fsp3) is 0.333. The first-order valence-electron chi connectivity index (χ1n) is 14.2. The Morgan fingerprint density at radius 3 is 2.09 bits per heavy atom. The molecule has 3 rings (SSSR count). The molecule has 2 amide bonds. The number of ether oxygens (including phenoxy) is 1. The van der Waals surface area contributed by atoms with E-state index in [0.717, 1.165) is 11.1 Å². The Morgan fingerprint density at radius 1 is 0.860 bits per heavy atom. The standard InChI is InChI=1S/C33H41N3O6S/c1-23(2)18-30(35-33(39)42-21-27-14-9-6-10-15-27)32(38)34-31(24(3)19-26-12-7-5-8-13-26)22-43(40,41)36-29-17-11-16-28(20-29)25(4)37/h5-17,20,23,25,30-31,36-37H,3,18-19,21-22H2,1-2,4H3,(H,34,38)(H,35,39)/t25?,30-,31+/m0/s1. The van der Waals surface area contributed by atoms with Crippen LogP contribution in [0.4, 0.5) is 10.5 Å². The predicted molar refractivity (Wildman–Crippen MR) is 169 cm³/mol. The summed E-state index contributed by atoms with van der Waals surface area (Å²) in [5, 5.41) is 15.4. The highest BCUT2D eigenvalue weighted by Crippen LogP contribution is 2.20. The normalized spacial score (nSPS) is 13.4. The van der Waals surface area contributed by atoms with Gasteiger partial charge < -0.3 is 20.5 Å². The van der Waals surface area contributed by atoms with Crippen LogP contribution >= 0.6 is 0 Å². The van der Waals surface area contributed by atoms with Gasteiger partial charge in [0.2, 0.25) is 15.9 Å². The Kier molecular flexibility index (Phi) is 12.3. The number of benzene rings is 3. The van der Waals surface area contributed by atoms with E-state index < -0.39 is 46.0 Å². The number of aliphatic hydroxyl groups excluding tert-OH is 1. The molecule has 0 heterocycles. The summed E-state index contributed by atoms with van der Waals surface area (Å²) in [6, 6.07) is 23.1. The van der Waals surface area contributed by atoms with Crippen molar-refractivity contribution in [3.8, 4) is 0 Å². The molecular weight excluding hydrogens is 566 g/mol.